The maximum absolute atomic E-state index is 12.0. The van der Waals surface area contributed by atoms with Crippen molar-refractivity contribution < 1.29 is 9.53 Å². The summed E-state index contributed by atoms with van der Waals surface area (Å²) in [5, 5.41) is 0. The van der Waals surface area contributed by atoms with Crippen LogP contribution in [-0.4, -0.2) is 19.6 Å². The molecule has 0 unspecified atom stereocenters. The monoisotopic (exact) mass is 270 g/mol. The number of anilines is 1. The van der Waals surface area contributed by atoms with Crippen molar-refractivity contribution in [1.82, 2.24) is 0 Å². The molecule has 0 aliphatic rings. The zero-order valence-electron chi connectivity index (χ0n) is 11.5. The van der Waals surface area contributed by atoms with Crippen molar-refractivity contribution in [2.75, 3.05) is 18.6 Å². The third-order valence-corrected chi connectivity index (χ3v) is 3.02. The minimum Gasteiger partial charge on any atom is -0.497 e. The Morgan fingerprint density at radius 3 is 2.55 bits per heavy atom. The number of ether oxygens (including phenoxy) is 1. The van der Waals surface area contributed by atoms with Gasteiger partial charge >= 0.3 is 0 Å². The molecule has 0 heterocycles. The largest absolute Gasteiger partial charge is 0.497 e. The van der Waals surface area contributed by atoms with Crippen molar-refractivity contribution in [2.24, 2.45) is 5.73 Å². The smallest absolute Gasteiger partial charge is 0.241 e. The number of amides is 1. The van der Waals surface area contributed by atoms with Crippen molar-refractivity contribution in [3.8, 4) is 5.75 Å². The molecule has 4 nitrogen and oxygen atoms in total. The predicted molar refractivity (Wildman–Crippen MR) is 79.7 cm³/mol. The van der Waals surface area contributed by atoms with Gasteiger partial charge in [-0.05, 0) is 29.8 Å². The van der Waals surface area contributed by atoms with Crippen LogP contribution in [0.25, 0.3) is 0 Å². The first-order chi connectivity index (χ1) is 9.74. The lowest BCUT2D eigenvalue weighted by Gasteiger charge is -2.22. The van der Waals surface area contributed by atoms with Crippen molar-refractivity contribution in [2.45, 2.75) is 6.54 Å². The molecular weight excluding hydrogens is 252 g/mol. The molecule has 0 saturated heterocycles. The average molecular weight is 270 g/mol. The minimum absolute atomic E-state index is 0.0150. The summed E-state index contributed by atoms with van der Waals surface area (Å²) in [5.74, 6) is 0.662. The van der Waals surface area contributed by atoms with Crippen LogP contribution in [0.4, 0.5) is 5.69 Å². The van der Waals surface area contributed by atoms with E-state index in [1.54, 1.807) is 12.0 Å². The molecule has 2 aromatic carbocycles. The van der Waals surface area contributed by atoms with Crippen LogP contribution in [0.5, 0.6) is 5.75 Å². The summed E-state index contributed by atoms with van der Waals surface area (Å²) in [4.78, 5) is 13.7. The lowest BCUT2D eigenvalue weighted by molar-refractivity contribution is -0.117. The Kier molecular flexibility index (Phi) is 4.74. The molecule has 2 N–H and O–H groups in total. The molecule has 0 aromatic heterocycles. The maximum Gasteiger partial charge on any atom is 0.241 e. The molecule has 0 aliphatic heterocycles. The summed E-state index contributed by atoms with van der Waals surface area (Å²) in [6, 6.07) is 17.2. The Bertz CT molecular complexity index is 570. The SMILES string of the molecule is COc1cccc(CN(C(=O)CN)c2ccccc2)c1. The van der Waals surface area contributed by atoms with E-state index in [4.69, 9.17) is 10.5 Å². The number of benzene rings is 2. The van der Waals surface area contributed by atoms with Gasteiger partial charge in [0.25, 0.3) is 0 Å². The summed E-state index contributed by atoms with van der Waals surface area (Å²) >= 11 is 0. The quantitative estimate of drug-likeness (QED) is 0.906. The summed E-state index contributed by atoms with van der Waals surface area (Å²) < 4.78 is 5.20. The Balaban J connectivity index is 2.26. The molecule has 0 fully saturated rings. The number of hydrogen-bond acceptors (Lipinski definition) is 3. The Labute approximate surface area is 118 Å². The molecule has 20 heavy (non-hydrogen) atoms. The molecule has 1 amide bonds. The fourth-order valence-corrected chi connectivity index (χ4v) is 1.99. The fourth-order valence-electron chi connectivity index (χ4n) is 1.99. The van der Waals surface area contributed by atoms with Gasteiger partial charge in [0, 0.05) is 5.69 Å². The van der Waals surface area contributed by atoms with Gasteiger partial charge in [0.2, 0.25) is 5.91 Å². The van der Waals surface area contributed by atoms with E-state index in [-0.39, 0.29) is 12.5 Å². The molecule has 104 valence electrons. The van der Waals surface area contributed by atoms with Gasteiger partial charge in [-0.1, -0.05) is 30.3 Å². The number of rotatable bonds is 5. The first-order valence-corrected chi connectivity index (χ1v) is 6.43. The number of carbonyl (C=O) groups is 1. The first kappa shape index (κ1) is 14.1. The average Bonchev–Trinajstić information content (AvgIpc) is 2.53. The van der Waals surface area contributed by atoms with E-state index in [0.717, 1.165) is 17.0 Å². The third kappa shape index (κ3) is 3.36. The Morgan fingerprint density at radius 2 is 1.90 bits per heavy atom. The number of hydrogen-bond donors (Lipinski definition) is 1. The molecular formula is C16H18N2O2. The Hall–Kier alpha value is -2.33. The van der Waals surface area contributed by atoms with E-state index in [2.05, 4.69) is 0 Å². The predicted octanol–water partition coefficient (Wildman–Crippen LogP) is 2.19. The van der Waals surface area contributed by atoms with Gasteiger partial charge in [0.05, 0.1) is 20.2 Å². The van der Waals surface area contributed by atoms with Crippen LogP contribution in [0, 0.1) is 0 Å². The van der Waals surface area contributed by atoms with Crippen LogP contribution < -0.4 is 15.4 Å². The highest BCUT2D eigenvalue weighted by atomic mass is 16.5. The number of carbonyl (C=O) groups excluding carboxylic acids is 1. The van der Waals surface area contributed by atoms with Gasteiger partial charge in [0.15, 0.2) is 0 Å². The third-order valence-electron chi connectivity index (χ3n) is 3.02. The normalized spacial score (nSPS) is 10.1. The van der Waals surface area contributed by atoms with E-state index >= 15 is 0 Å². The van der Waals surface area contributed by atoms with Crippen LogP contribution in [0.15, 0.2) is 54.6 Å². The summed E-state index contributed by atoms with van der Waals surface area (Å²) in [6.07, 6.45) is 0. The van der Waals surface area contributed by atoms with Crippen LogP contribution in [0.1, 0.15) is 5.56 Å². The van der Waals surface area contributed by atoms with Crippen molar-refractivity contribution in [1.29, 1.82) is 0 Å². The van der Waals surface area contributed by atoms with Gasteiger partial charge in [-0.15, -0.1) is 0 Å². The highest BCUT2D eigenvalue weighted by molar-refractivity contribution is 5.94. The second kappa shape index (κ2) is 6.73. The molecule has 0 atom stereocenters. The van der Waals surface area contributed by atoms with Crippen LogP contribution >= 0.6 is 0 Å². The van der Waals surface area contributed by atoms with E-state index < -0.39 is 0 Å². The molecule has 0 radical (unpaired) electrons. The standard InChI is InChI=1S/C16H18N2O2/c1-20-15-9-5-6-13(10-15)12-18(16(19)11-17)14-7-3-2-4-8-14/h2-10H,11-12,17H2,1H3. The van der Waals surface area contributed by atoms with E-state index in [1.165, 1.54) is 0 Å². The Morgan fingerprint density at radius 1 is 1.15 bits per heavy atom. The molecule has 2 aromatic rings. The highest BCUT2D eigenvalue weighted by Crippen LogP contribution is 2.19. The summed E-state index contributed by atoms with van der Waals surface area (Å²) in [6.45, 7) is 0.454. The zero-order chi connectivity index (χ0) is 14.4. The molecule has 4 heteroatoms. The molecule has 0 bridgehead atoms. The van der Waals surface area contributed by atoms with Gasteiger partial charge in [0.1, 0.15) is 5.75 Å². The van der Waals surface area contributed by atoms with E-state index in [9.17, 15) is 4.79 Å². The van der Waals surface area contributed by atoms with Crippen molar-refractivity contribution >= 4 is 11.6 Å². The summed E-state index contributed by atoms with van der Waals surface area (Å²) in [5.41, 5.74) is 7.34. The molecule has 0 saturated carbocycles. The van der Waals surface area contributed by atoms with Gasteiger partial charge in [-0.25, -0.2) is 0 Å². The van der Waals surface area contributed by atoms with Crippen LogP contribution in [0.3, 0.4) is 0 Å². The fraction of sp³-hybridized carbons (Fsp3) is 0.188. The summed E-state index contributed by atoms with van der Waals surface area (Å²) in [7, 11) is 1.62. The van der Waals surface area contributed by atoms with Gasteiger partial charge in [-0.3, -0.25) is 4.79 Å². The number of methoxy groups -OCH3 is 1. The van der Waals surface area contributed by atoms with Crippen LogP contribution in [0.2, 0.25) is 0 Å². The second-order valence-corrected chi connectivity index (χ2v) is 4.37. The minimum atomic E-state index is -0.112. The molecule has 2 rings (SSSR count). The maximum atomic E-state index is 12.0. The van der Waals surface area contributed by atoms with Gasteiger partial charge < -0.3 is 15.4 Å². The topological polar surface area (TPSA) is 55.6 Å². The van der Waals surface area contributed by atoms with E-state index in [1.807, 2.05) is 54.6 Å². The highest BCUT2D eigenvalue weighted by Gasteiger charge is 2.14. The van der Waals surface area contributed by atoms with Crippen LogP contribution in [-0.2, 0) is 11.3 Å². The van der Waals surface area contributed by atoms with Crippen molar-refractivity contribution in [3.05, 3.63) is 60.2 Å². The zero-order valence-corrected chi connectivity index (χ0v) is 11.5. The lowest BCUT2D eigenvalue weighted by atomic mass is 10.2. The number of para-hydroxylation sites is 1. The number of nitrogens with zero attached hydrogens (tertiary/aromatic N) is 1. The number of nitrogens with two attached hydrogens (primary N) is 1. The first-order valence-electron chi connectivity index (χ1n) is 6.43. The van der Waals surface area contributed by atoms with Crippen molar-refractivity contribution in [3.63, 3.8) is 0 Å². The second-order valence-electron chi connectivity index (χ2n) is 4.37. The lowest BCUT2D eigenvalue weighted by Crippen LogP contribution is -2.35. The molecule has 0 spiro atoms. The van der Waals surface area contributed by atoms with E-state index in [0.29, 0.717) is 6.54 Å². The van der Waals surface area contributed by atoms with Gasteiger partial charge in [-0.2, -0.15) is 0 Å². The molecule has 0 aliphatic carbocycles.